The largest absolute Gasteiger partial charge is 0.378 e. The van der Waals surface area contributed by atoms with E-state index in [2.05, 4.69) is 26.0 Å². The molecule has 0 aromatic carbocycles. The second kappa shape index (κ2) is 10.1. The number of ether oxygens (including phenoxy) is 1. The average molecular weight is 347 g/mol. The quantitative estimate of drug-likeness (QED) is 0.463. The van der Waals surface area contributed by atoms with E-state index in [-0.39, 0.29) is 0 Å². The molecule has 3 rings (SSSR count). The number of hydrogen-bond acceptors (Lipinski definition) is 1. The predicted molar refractivity (Wildman–Crippen MR) is 108 cm³/mol. The summed E-state index contributed by atoms with van der Waals surface area (Å²) in [5, 5.41) is 0. The number of hydrogen-bond donors (Lipinski definition) is 0. The lowest BCUT2D eigenvalue weighted by molar-refractivity contribution is -0.00552. The van der Waals surface area contributed by atoms with Crippen molar-refractivity contribution in [2.75, 3.05) is 6.61 Å². The first-order valence-electron chi connectivity index (χ1n) is 11.6. The van der Waals surface area contributed by atoms with Crippen LogP contribution in [0.25, 0.3) is 0 Å². The van der Waals surface area contributed by atoms with Gasteiger partial charge in [-0.25, -0.2) is 0 Å². The molecular formula is C24H42O. The summed E-state index contributed by atoms with van der Waals surface area (Å²) in [7, 11) is 0. The molecule has 1 aliphatic heterocycles. The Hall–Kier alpha value is -0.300. The van der Waals surface area contributed by atoms with Crippen LogP contribution in [0.1, 0.15) is 97.3 Å². The van der Waals surface area contributed by atoms with Gasteiger partial charge in [0.15, 0.2) is 0 Å². The van der Waals surface area contributed by atoms with Crippen LogP contribution in [0.15, 0.2) is 12.2 Å². The summed E-state index contributed by atoms with van der Waals surface area (Å²) in [4.78, 5) is 0. The van der Waals surface area contributed by atoms with Gasteiger partial charge in [-0.3, -0.25) is 0 Å². The highest BCUT2D eigenvalue weighted by molar-refractivity contribution is 4.96. The second-order valence-electron chi connectivity index (χ2n) is 9.33. The van der Waals surface area contributed by atoms with Crippen LogP contribution in [0.4, 0.5) is 0 Å². The van der Waals surface area contributed by atoms with Crippen molar-refractivity contribution in [3.05, 3.63) is 12.2 Å². The molecule has 0 aromatic heterocycles. The summed E-state index contributed by atoms with van der Waals surface area (Å²) >= 11 is 0. The molecule has 1 heterocycles. The minimum Gasteiger partial charge on any atom is -0.378 e. The van der Waals surface area contributed by atoms with E-state index in [0.717, 1.165) is 30.3 Å². The Morgan fingerprint density at radius 2 is 1.32 bits per heavy atom. The van der Waals surface area contributed by atoms with Crippen molar-refractivity contribution in [1.29, 1.82) is 0 Å². The second-order valence-corrected chi connectivity index (χ2v) is 9.33. The topological polar surface area (TPSA) is 9.23 Å². The van der Waals surface area contributed by atoms with Gasteiger partial charge in [0.1, 0.15) is 0 Å². The Labute approximate surface area is 157 Å². The Kier molecular flexibility index (Phi) is 7.90. The summed E-state index contributed by atoms with van der Waals surface area (Å²) < 4.78 is 5.95. The van der Waals surface area contributed by atoms with E-state index in [4.69, 9.17) is 4.74 Å². The molecule has 2 aliphatic carbocycles. The molecular weight excluding hydrogens is 304 g/mol. The van der Waals surface area contributed by atoms with Gasteiger partial charge in [0.2, 0.25) is 0 Å². The minimum atomic E-state index is 0.535. The molecule has 1 nitrogen and oxygen atoms in total. The van der Waals surface area contributed by atoms with E-state index in [1.165, 1.54) is 83.5 Å². The predicted octanol–water partition coefficient (Wildman–Crippen LogP) is 7.16. The molecule has 1 saturated heterocycles. The first-order chi connectivity index (χ1) is 12.3. The average Bonchev–Trinajstić information content (AvgIpc) is 2.68. The molecule has 0 radical (unpaired) electrons. The van der Waals surface area contributed by atoms with E-state index in [1.54, 1.807) is 0 Å². The summed E-state index contributed by atoms with van der Waals surface area (Å²) in [6.45, 7) is 5.56. The molecule has 3 aliphatic rings. The monoisotopic (exact) mass is 346 g/mol. The summed E-state index contributed by atoms with van der Waals surface area (Å²) in [6.07, 6.45) is 24.3. The smallest absolute Gasteiger partial charge is 0.0573 e. The molecule has 0 amide bonds. The maximum absolute atomic E-state index is 5.95. The maximum Gasteiger partial charge on any atom is 0.0573 e. The first-order valence-corrected chi connectivity index (χ1v) is 11.6. The van der Waals surface area contributed by atoms with Gasteiger partial charge in [0.25, 0.3) is 0 Å². The lowest BCUT2D eigenvalue weighted by atomic mass is 9.68. The van der Waals surface area contributed by atoms with Crippen molar-refractivity contribution in [1.82, 2.24) is 0 Å². The van der Waals surface area contributed by atoms with Crippen molar-refractivity contribution in [3.63, 3.8) is 0 Å². The molecule has 144 valence electrons. The molecule has 25 heavy (non-hydrogen) atoms. The standard InChI is InChI=1S/C24H42O/c1-3-5-19-8-13-22(14-9-19)23-15-10-20(11-16-23)6-7-21-12-17-24(4-2)25-18-21/h6-7,19-24H,3-5,8-18H2,1-2H3/b7-6+. The number of allylic oxidation sites excluding steroid dienone is 1. The zero-order valence-corrected chi connectivity index (χ0v) is 16.9. The Morgan fingerprint density at radius 1 is 0.720 bits per heavy atom. The van der Waals surface area contributed by atoms with Crippen LogP contribution in [0.5, 0.6) is 0 Å². The van der Waals surface area contributed by atoms with Gasteiger partial charge in [-0.15, -0.1) is 0 Å². The lowest BCUT2D eigenvalue weighted by Crippen LogP contribution is -2.26. The highest BCUT2D eigenvalue weighted by atomic mass is 16.5. The fourth-order valence-corrected chi connectivity index (χ4v) is 5.78. The van der Waals surface area contributed by atoms with Crippen molar-refractivity contribution in [2.24, 2.45) is 29.6 Å². The highest BCUT2D eigenvalue weighted by Crippen LogP contribution is 2.42. The van der Waals surface area contributed by atoms with Crippen LogP contribution in [0.2, 0.25) is 0 Å². The van der Waals surface area contributed by atoms with E-state index >= 15 is 0 Å². The van der Waals surface area contributed by atoms with Gasteiger partial charge < -0.3 is 4.74 Å². The summed E-state index contributed by atoms with van der Waals surface area (Å²) in [5.74, 6) is 4.72. The fraction of sp³-hybridized carbons (Fsp3) is 0.917. The van der Waals surface area contributed by atoms with Gasteiger partial charge in [-0.1, -0.05) is 51.7 Å². The molecule has 0 spiro atoms. The maximum atomic E-state index is 5.95. The zero-order valence-electron chi connectivity index (χ0n) is 16.9. The first kappa shape index (κ1) is 19.5. The van der Waals surface area contributed by atoms with E-state index < -0.39 is 0 Å². The third kappa shape index (κ3) is 5.84. The Balaban J connectivity index is 1.34. The Bertz CT molecular complexity index is 377. The SMILES string of the molecule is CCCC1CCC(C2CCC(/C=C/C3CCC(CC)OC3)CC2)CC1. The zero-order chi connectivity index (χ0) is 17.5. The van der Waals surface area contributed by atoms with Crippen molar-refractivity contribution in [3.8, 4) is 0 Å². The molecule has 0 bridgehead atoms. The van der Waals surface area contributed by atoms with Gasteiger partial charge >= 0.3 is 0 Å². The van der Waals surface area contributed by atoms with Crippen LogP contribution in [0, 0.1) is 29.6 Å². The molecule has 0 N–H and O–H groups in total. The molecule has 3 fully saturated rings. The van der Waals surface area contributed by atoms with Crippen LogP contribution < -0.4 is 0 Å². The van der Waals surface area contributed by atoms with Crippen molar-refractivity contribution in [2.45, 2.75) is 103 Å². The molecule has 2 unspecified atom stereocenters. The Morgan fingerprint density at radius 3 is 1.88 bits per heavy atom. The van der Waals surface area contributed by atoms with Crippen LogP contribution in [-0.4, -0.2) is 12.7 Å². The third-order valence-electron chi connectivity index (χ3n) is 7.59. The van der Waals surface area contributed by atoms with E-state index in [0.29, 0.717) is 12.0 Å². The van der Waals surface area contributed by atoms with Gasteiger partial charge in [-0.2, -0.15) is 0 Å². The van der Waals surface area contributed by atoms with Gasteiger partial charge in [-0.05, 0) is 81.5 Å². The van der Waals surface area contributed by atoms with Crippen molar-refractivity contribution < 1.29 is 4.74 Å². The molecule has 2 saturated carbocycles. The normalized spacial score (nSPS) is 40.4. The summed E-state index contributed by atoms with van der Waals surface area (Å²) in [6, 6.07) is 0. The van der Waals surface area contributed by atoms with Crippen LogP contribution >= 0.6 is 0 Å². The van der Waals surface area contributed by atoms with Crippen molar-refractivity contribution >= 4 is 0 Å². The minimum absolute atomic E-state index is 0.535. The molecule has 1 heteroatoms. The lowest BCUT2D eigenvalue weighted by Gasteiger charge is -2.37. The fourth-order valence-electron chi connectivity index (χ4n) is 5.78. The number of rotatable bonds is 6. The van der Waals surface area contributed by atoms with E-state index in [9.17, 15) is 0 Å². The summed E-state index contributed by atoms with van der Waals surface area (Å²) in [5.41, 5.74) is 0. The third-order valence-corrected chi connectivity index (χ3v) is 7.59. The molecule has 2 atom stereocenters. The van der Waals surface area contributed by atoms with E-state index in [1.807, 2.05) is 0 Å². The van der Waals surface area contributed by atoms with Gasteiger partial charge in [0, 0.05) is 5.92 Å². The highest BCUT2D eigenvalue weighted by Gasteiger charge is 2.30. The molecule has 0 aromatic rings. The van der Waals surface area contributed by atoms with Crippen LogP contribution in [-0.2, 0) is 4.74 Å². The van der Waals surface area contributed by atoms with Gasteiger partial charge in [0.05, 0.1) is 12.7 Å². The van der Waals surface area contributed by atoms with Crippen LogP contribution in [0.3, 0.4) is 0 Å².